The minimum Gasteiger partial charge on any atom is -0.493 e. The van der Waals surface area contributed by atoms with E-state index in [1.54, 1.807) is 6.07 Å². The Labute approximate surface area is 117 Å². The average Bonchev–Trinajstić information content (AvgIpc) is 2.35. The van der Waals surface area contributed by atoms with Gasteiger partial charge in [-0.05, 0) is 31.2 Å². The van der Waals surface area contributed by atoms with Crippen molar-refractivity contribution in [3.8, 4) is 5.75 Å². The molecule has 0 aliphatic carbocycles. The van der Waals surface area contributed by atoms with Crippen molar-refractivity contribution in [3.05, 3.63) is 41.5 Å². The molecule has 0 fully saturated rings. The summed E-state index contributed by atoms with van der Waals surface area (Å²) in [7, 11) is 0. The number of ether oxygens (including phenoxy) is 1. The topological polar surface area (TPSA) is 21.3 Å². The van der Waals surface area contributed by atoms with E-state index in [0.29, 0.717) is 25.1 Å². The molecule has 0 aliphatic rings. The summed E-state index contributed by atoms with van der Waals surface area (Å²) in [5.41, 5.74) is 0.739. The van der Waals surface area contributed by atoms with Gasteiger partial charge in [0.1, 0.15) is 5.75 Å². The summed E-state index contributed by atoms with van der Waals surface area (Å²) in [5, 5.41) is 3.00. The van der Waals surface area contributed by atoms with E-state index in [1.165, 1.54) is 6.07 Å². The lowest BCUT2D eigenvalue weighted by Gasteiger charge is -2.15. The van der Waals surface area contributed by atoms with Crippen molar-refractivity contribution in [2.75, 3.05) is 13.2 Å². The van der Waals surface area contributed by atoms with E-state index in [9.17, 15) is 13.2 Å². The molecule has 2 nitrogen and oxygen atoms in total. The van der Waals surface area contributed by atoms with Gasteiger partial charge in [-0.3, -0.25) is 0 Å². The first-order valence-electron chi connectivity index (χ1n) is 6.52. The molecule has 0 unspecified atom stereocenters. The lowest BCUT2D eigenvalue weighted by molar-refractivity contribution is -0.139. The lowest BCUT2D eigenvalue weighted by atomic mass is 10.1. The van der Waals surface area contributed by atoms with Gasteiger partial charge in [-0.1, -0.05) is 18.6 Å². The molecule has 0 aliphatic heterocycles. The first-order valence-corrected chi connectivity index (χ1v) is 6.52. The third-order valence-electron chi connectivity index (χ3n) is 2.71. The van der Waals surface area contributed by atoms with Crippen LogP contribution in [0.1, 0.15) is 31.4 Å². The van der Waals surface area contributed by atoms with Gasteiger partial charge >= 0.3 is 6.18 Å². The summed E-state index contributed by atoms with van der Waals surface area (Å²) >= 11 is 0. The Hall–Kier alpha value is -1.49. The van der Waals surface area contributed by atoms with Crippen LogP contribution < -0.4 is 10.1 Å². The Bertz CT molecular complexity index is 455. The molecule has 1 rings (SSSR count). The molecule has 0 atom stereocenters. The van der Waals surface area contributed by atoms with Crippen LogP contribution in [0, 0.1) is 0 Å². The zero-order chi connectivity index (χ0) is 15.2. The fourth-order valence-electron chi connectivity index (χ4n) is 1.64. The van der Waals surface area contributed by atoms with Crippen molar-refractivity contribution in [2.24, 2.45) is 0 Å². The molecule has 0 saturated carbocycles. The Morgan fingerprint density at radius 1 is 1.35 bits per heavy atom. The highest BCUT2D eigenvalue weighted by atomic mass is 19.4. The molecule has 0 bridgehead atoms. The molecule has 1 N–H and O–H groups in total. The molecular weight excluding hydrogens is 267 g/mol. The second kappa shape index (κ2) is 7.33. The fraction of sp³-hybridized carbons (Fsp3) is 0.467. The Balaban J connectivity index is 2.89. The Morgan fingerprint density at radius 3 is 2.60 bits per heavy atom. The van der Waals surface area contributed by atoms with Crippen LogP contribution in [0.15, 0.2) is 30.4 Å². The van der Waals surface area contributed by atoms with Gasteiger partial charge in [0.2, 0.25) is 0 Å². The van der Waals surface area contributed by atoms with Crippen LogP contribution in [0.4, 0.5) is 13.2 Å². The zero-order valence-corrected chi connectivity index (χ0v) is 11.8. The Morgan fingerprint density at radius 2 is 2.05 bits per heavy atom. The minimum atomic E-state index is -4.42. The van der Waals surface area contributed by atoms with Crippen molar-refractivity contribution < 1.29 is 17.9 Å². The molecule has 0 heterocycles. The maximum absolute atomic E-state index is 13.0. The Kier molecular flexibility index (Phi) is 6.07. The van der Waals surface area contributed by atoms with Crippen molar-refractivity contribution in [2.45, 2.75) is 33.0 Å². The van der Waals surface area contributed by atoms with Gasteiger partial charge in [0.15, 0.2) is 0 Å². The van der Waals surface area contributed by atoms with E-state index in [2.05, 4.69) is 11.9 Å². The summed E-state index contributed by atoms with van der Waals surface area (Å²) in [6, 6.07) is 4.17. The minimum absolute atomic E-state index is 0.126. The number of alkyl halides is 3. The summed E-state index contributed by atoms with van der Waals surface area (Å²) in [6.45, 7) is 8.72. The molecule has 0 radical (unpaired) electrons. The van der Waals surface area contributed by atoms with Crippen LogP contribution in [-0.4, -0.2) is 13.2 Å². The predicted octanol–water partition coefficient (Wildman–Crippen LogP) is 4.16. The van der Waals surface area contributed by atoms with E-state index in [4.69, 9.17) is 4.74 Å². The molecule has 0 amide bonds. The number of hydrogen-bond acceptors (Lipinski definition) is 2. The first-order chi connectivity index (χ1) is 9.34. The smallest absolute Gasteiger partial charge is 0.419 e. The molecule has 5 heteroatoms. The maximum atomic E-state index is 13.0. The quantitative estimate of drug-likeness (QED) is 0.760. The summed E-state index contributed by atoms with van der Waals surface area (Å²) in [4.78, 5) is 0. The average molecular weight is 287 g/mol. The van der Waals surface area contributed by atoms with Crippen LogP contribution in [0.5, 0.6) is 5.75 Å². The highest BCUT2D eigenvalue weighted by Crippen LogP contribution is 2.37. The number of halogens is 3. The fourth-order valence-corrected chi connectivity index (χ4v) is 1.64. The van der Waals surface area contributed by atoms with Crippen LogP contribution in [0.25, 0.3) is 0 Å². The molecule has 20 heavy (non-hydrogen) atoms. The SMILES string of the molecule is C=C(C)CCOc1ccc(CNCC)cc1C(F)(F)F. The van der Waals surface area contributed by atoms with Crippen molar-refractivity contribution >= 4 is 0 Å². The molecule has 112 valence electrons. The normalized spacial score (nSPS) is 11.4. The molecule has 0 aromatic heterocycles. The summed E-state index contributed by atoms with van der Waals surface area (Å²) in [5.74, 6) is -0.126. The second-order valence-corrected chi connectivity index (χ2v) is 4.66. The third-order valence-corrected chi connectivity index (χ3v) is 2.71. The molecule has 0 saturated heterocycles. The van der Waals surface area contributed by atoms with Gasteiger partial charge in [-0.2, -0.15) is 13.2 Å². The maximum Gasteiger partial charge on any atom is 0.419 e. The van der Waals surface area contributed by atoms with Crippen molar-refractivity contribution in [1.82, 2.24) is 5.32 Å². The van der Waals surface area contributed by atoms with E-state index in [-0.39, 0.29) is 12.4 Å². The number of rotatable bonds is 7. The van der Waals surface area contributed by atoms with Gasteiger partial charge in [-0.15, -0.1) is 6.58 Å². The van der Waals surface area contributed by atoms with Crippen molar-refractivity contribution in [1.29, 1.82) is 0 Å². The van der Waals surface area contributed by atoms with Gasteiger partial charge in [0, 0.05) is 13.0 Å². The second-order valence-electron chi connectivity index (χ2n) is 4.66. The van der Waals surface area contributed by atoms with Gasteiger partial charge in [0.25, 0.3) is 0 Å². The highest BCUT2D eigenvalue weighted by molar-refractivity contribution is 5.39. The predicted molar refractivity (Wildman–Crippen MR) is 73.8 cm³/mol. The van der Waals surface area contributed by atoms with Crippen molar-refractivity contribution in [3.63, 3.8) is 0 Å². The van der Waals surface area contributed by atoms with E-state index in [0.717, 1.165) is 11.6 Å². The summed E-state index contributed by atoms with van der Waals surface area (Å²) < 4.78 is 44.3. The monoisotopic (exact) mass is 287 g/mol. The lowest BCUT2D eigenvalue weighted by Crippen LogP contribution is -2.14. The standard InChI is InChI=1S/C15H20F3NO/c1-4-19-10-12-5-6-14(20-8-7-11(2)3)13(9-12)15(16,17)18/h5-6,9,19H,2,4,7-8,10H2,1,3H3. The van der Waals surface area contributed by atoms with Gasteiger partial charge < -0.3 is 10.1 Å². The molecular formula is C15H20F3NO. The molecule has 1 aromatic rings. The molecule has 1 aromatic carbocycles. The van der Waals surface area contributed by atoms with Crippen LogP contribution >= 0.6 is 0 Å². The van der Waals surface area contributed by atoms with Gasteiger partial charge in [-0.25, -0.2) is 0 Å². The van der Waals surface area contributed by atoms with Crippen LogP contribution in [0.3, 0.4) is 0 Å². The largest absolute Gasteiger partial charge is 0.493 e. The highest BCUT2D eigenvalue weighted by Gasteiger charge is 2.34. The number of hydrogen-bond donors (Lipinski definition) is 1. The summed E-state index contributed by atoms with van der Waals surface area (Å²) in [6.07, 6.45) is -3.88. The van der Waals surface area contributed by atoms with E-state index < -0.39 is 11.7 Å². The van der Waals surface area contributed by atoms with Crippen LogP contribution in [0.2, 0.25) is 0 Å². The van der Waals surface area contributed by atoms with Crippen LogP contribution in [-0.2, 0) is 12.7 Å². The first kappa shape index (κ1) is 16.6. The van der Waals surface area contributed by atoms with E-state index >= 15 is 0 Å². The van der Waals surface area contributed by atoms with E-state index in [1.807, 2.05) is 13.8 Å². The number of nitrogens with one attached hydrogen (secondary N) is 1. The van der Waals surface area contributed by atoms with Gasteiger partial charge in [0.05, 0.1) is 12.2 Å². The number of benzene rings is 1. The zero-order valence-electron chi connectivity index (χ0n) is 11.8. The third kappa shape index (κ3) is 5.25. The molecule has 0 spiro atoms.